The van der Waals surface area contributed by atoms with Crippen LogP contribution in [-0.4, -0.2) is 28.1 Å². The Balaban J connectivity index is 2.08. The van der Waals surface area contributed by atoms with Gasteiger partial charge in [0, 0.05) is 25.7 Å². The quantitative estimate of drug-likeness (QED) is 0.948. The van der Waals surface area contributed by atoms with Crippen LogP contribution < -0.4 is 0 Å². The first-order chi connectivity index (χ1) is 10.1. The molecule has 0 saturated carbocycles. The van der Waals surface area contributed by atoms with Gasteiger partial charge in [0.05, 0.1) is 16.9 Å². The summed E-state index contributed by atoms with van der Waals surface area (Å²) in [6.07, 6.45) is 2.40. The molecule has 112 valence electrons. The fourth-order valence-electron chi connectivity index (χ4n) is 3.22. The lowest BCUT2D eigenvalue weighted by molar-refractivity contribution is -0.0200. The minimum Gasteiger partial charge on any atom is -0.386 e. The van der Waals surface area contributed by atoms with Crippen LogP contribution in [0.3, 0.4) is 0 Å². The van der Waals surface area contributed by atoms with Crippen LogP contribution in [0, 0.1) is 0 Å². The van der Waals surface area contributed by atoms with Crippen molar-refractivity contribution in [2.75, 3.05) is 13.2 Å². The zero-order valence-corrected chi connectivity index (χ0v) is 12.8. The fraction of sp³-hybridized carbons (Fsp3) is 0.438. The Hall–Kier alpha value is -1.36. The maximum atomic E-state index is 11.1. The van der Waals surface area contributed by atoms with Crippen molar-refractivity contribution in [1.82, 2.24) is 9.78 Å². The Morgan fingerprint density at radius 1 is 1.29 bits per heavy atom. The first kappa shape index (κ1) is 14.6. The van der Waals surface area contributed by atoms with Gasteiger partial charge in [-0.2, -0.15) is 5.10 Å². The summed E-state index contributed by atoms with van der Waals surface area (Å²) in [4.78, 5) is 0. The molecule has 0 aliphatic carbocycles. The Bertz CT molecular complexity index is 586. The van der Waals surface area contributed by atoms with Crippen molar-refractivity contribution in [3.8, 4) is 0 Å². The number of aliphatic hydroxyl groups is 1. The van der Waals surface area contributed by atoms with Gasteiger partial charge in [-0.3, -0.25) is 4.68 Å². The molecule has 0 bridgehead atoms. The van der Waals surface area contributed by atoms with Gasteiger partial charge in [0.15, 0.2) is 0 Å². The minimum absolute atomic E-state index is 0.378. The zero-order chi connectivity index (χ0) is 14.9. The first-order valence-corrected chi connectivity index (χ1v) is 7.52. The molecule has 1 atom stereocenters. The van der Waals surface area contributed by atoms with Crippen LogP contribution in [0.15, 0.2) is 36.5 Å². The molecule has 0 spiro atoms. The van der Waals surface area contributed by atoms with Crippen LogP contribution >= 0.6 is 11.6 Å². The number of hydrogen-bond acceptors (Lipinski definition) is 3. The number of ether oxygens (including phenoxy) is 1. The summed E-state index contributed by atoms with van der Waals surface area (Å²) < 4.78 is 7.17. The highest BCUT2D eigenvalue weighted by atomic mass is 35.5. The number of nitrogens with zero attached hydrogens (tertiary/aromatic N) is 2. The molecule has 0 amide bonds. The second kappa shape index (κ2) is 5.79. The third-order valence-electron chi connectivity index (χ3n) is 4.45. The molecule has 2 aromatic rings. The molecule has 3 rings (SSSR count). The topological polar surface area (TPSA) is 47.3 Å². The second-order valence-electron chi connectivity index (χ2n) is 5.54. The average molecular weight is 307 g/mol. The number of aliphatic hydroxyl groups excluding tert-OH is 1. The maximum absolute atomic E-state index is 11.1. The lowest BCUT2D eigenvalue weighted by Crippen LogP contribution is -2.40. The third kappa shape index (κ3) is 2.48. The van der Waals surface area contributed by atoms with Gasteiger partial charge in [0.25, 0.3) is 0 Å². The molecule has 1 saturated heterocycles. The van der Waals surface area contributed by atoms with E-state index in [0.29, 0.717) is 23.9 Å². The molecular formula is C16H19ClN2O2. The Morgan fingerprint density at radius 3 is 2.52 bits per heavy atom. The van der Waals surface area contributed by atoms with Gasteiger partial charge in [0.2, 0.25) is 0 Å². The van der Waals surface area contributed by atoms with Crippen molar-refractivity contribution < 1.29 is 9.84 Å². The molecule has 0 radical (unpaired) electrons. The predicted octanol–water partition coefficient (Wildman–Crippen LogP) is 2.86. The lowest BCUT2D eigenvalue weighted by Gasteiger charge is -2.41. The normalized spacial score (nSPS) is 19.4. The third-order valence-corrected chi connectivity index (χ3v) is 4.74. The standard InChI is InChI=1S/C16H19ClN2O2/c1-19-14(13(17)11-18-19)15(20)16(7-9-21-10-8-16)12-5-3-2-4-6-12/h2-6,11,15,20H,7-10H2,1H3. The number of rotatable bonds is 3. The molecule has 1 aromatic heterocycles. The number of aryl methyl sites for hydroxylation is 1. The van der Waals surface area contributed by atoms with E-state index in [1.165, 1.54) is 0 Å². The Morgan fingerprint density at radius 2 is 1.95 bits per heavy atom. The fourth-order valence-corrected chi connectivity index (χ4v) is 3.48. The van der Waals surface area contributed by atoms with Gasteiger partial charge in [0.1, 0.15) is 6.10 Å². The highest BCUT2D eigenvalue weighted by Gasteiger charge is 2.43. The van der Waals surface area contributed by atoms with E-state index < -0.39 is 6.10 Å². The summed E-state index contributed by atoms with van der Waals surface area (Å²) in [7, 11) is 1.81. The van der Waals surface area contributed by atoms with Gasteiger partial charge in [-0.1, -0.05) is 41.9 Å². The van der Waals surface area contributed by atoms with Crippen LogP contribution in [0.2, 0.25) is 5.02 Å². The first-order valence-electron chi connectivity index (χ1n) is 7.14. The summed E-state index contributed by atoms with van der Waals surface area (Å²) in [5.41, 5.74) is 1.41. The van der Waals surface area contributed by atoms with Crippen LogP contribution in [-0.2, 0) is 17.2 Å². The maximum Gasteiger partial charge on any atom is 0.107 e. The van der Waals surface area contributed by atoms with Gasteiger partial charge < -0.3 is 9.84 Å². The summed E-state index contributed by atoms with van der Waals surface area (Å²) in [6.45, 7) is 1.28. The van der Waals surface area contributed by atoms with E-state index in [-0.39, 0.29) is 5.41 Å². The van der Waals surface area contributed by atoms with E-state index in [4.69, 9.17) is 16.3 Å². The smallest absolute Gasteiger partial charge is 0.107 e. The van der Waals surface area contributed by atoms with Crippen molar-refractivity contribution in [2.24, 2.45) is 7.05 Å². The molecule has 21 heavy (non-hydrogen) atoms. The molecular weight excluding hydrogens is 288 g/mol. The van der Waals surface area contributed by atoms with Crippen LogP contribution in [0.25, 0.3) is 0 Å². The molecule has 1 N–H and O–H groups in total. The number of benzene rings is 1. The van der Waals surface area contributed by atoms with Gasteiger partial charge in [-0.05, 0) is 18.4 Å². The number of hydrogen-bond donors (Lipinski definition) is 1. The molecule has 1 aliphatic rings. The van der Waals surface area contributed by atoms with E-state index in [9.17, 15) is 5.11 Å². The zero-order valence-electron chi connectivity index (χ0n) is 12.0. The molecule has 1 aliphatic heterocycles. The van der Waals surface area contributed by atoms with Crippen molar-refractivity contribution in [3.63, 3.8) is 0 Å². The lowest BCUT2D eigenvalue weighted by atomic mass is 9.69. The molecule has 1 fully saturated rings. The van der Waals surface area contributed by atoms with Gasteiger partial charge in [-0.25, -0.2) is 0 Å². The van der Waals surface area contributed by atoms with Crippen molar-refractivity contribution in [3.05, 3.63) is 52.8 Å². The van der Waals surface area contributed by atoms with Crippen molar-refractivity contribution in [1.29, 1.82) is 0 Å². The Kier molecular flexibility index (Phi) is 4.02. The van der Waals surface area contributed by atoms with E-state index in [0.717, 1.165) is 18.4 Å². The van der Waals surface area contributed by atoms with Crippen molar-refractivity contribution in [2.45, 2.75) is 24.4 Å². The number of halogens is 1. The molecule has 1 aromatic carbocycles. The minimum atomic E-state index is -0.705. The summed E-state index contributed by atoms with van der Waals surface area (Å²) in [6, 6.07) is 10.1. The summed E-state index contributed by atoms with van der Waals surface area (Å²) in [5, 5.41) is 15.8. The van der Waals surface area contributed by atoms with Crippen LogP contribution in [0.4, 0.5) is 0 Å². The summed E-state index contributed by atoms with van der Waals surface area (Å²) >= 11 is 6.23. The highest BCUT2D eigenvalue weighted by molar-refractivity contribution is 6.31. The Labute approximate surface area is 129 Å². The molecule has 5 heteroatoms. The van der Waals surface area contributed by atoms with Crippen LogP contribution in [0.1, 0.15) is 30.2 Å². The average Bonchev–Trinajstić information content (AvgIpc) is 2.87. The van der Waals surface area contributed by atoms with Crippen molar-refractivity contribution >= 4 is 11.6 Å². The second-order valence-corrected chi connectivity index (χ2v) is 5.95. The molecule has 4 nitrogen and oxygen atoms in total. The van der Waals surface area contributed by atoms with E-state index in [2.05, 4.69) is 17.2 Å². The summed E-state index contributed by atoms with van der Waals surface area (Å²) in [5.74, 6) is 0. The molecule has 1 unspecified atom stereocenters. The monoisotopic (exact) mass is 306 g/mol. The predicted molar refractivity (Wildman–Crippen MR) is 81.4 cm³/mol. The van der Waals surface area contributed by atoms with E-state index in [1.807, 2.05) is 25.2 Å². The highest BCUT2D eigenvalue weighted by Crippen LogP contribution is 2.46. The van der Waals surface area contributed by atoms with E-state index in [1.54, 1.807) is 10.9 Å². The van der Waals surface area contributed by atoms with Gasteiger partial charge >= 0.3 is 0 Å². The van der Waals surface area contributed by atoms with Gasteiger partial charge in [-0.15, -0.1) is 0 Å². The number of aromatic nitrogens is 2. The van der Waals surface area contributed by atoms with E-state index >= 15 is 0 Å². The molecule has 2 heterocycles. The largest absolute Gasteiger partial charge is 0.386 e. The van der Waals surface area contributed by atoms with Crippen LogP contribution in [0.5, 0.6) is 0 Å². The SMILES string of the molecule is Cn1ncc(Cl)c1C(O)C1(c2ccccc2)CCOCC1.